The van der Waals surface area contributed by atoms with Gasteiger partial charge in [0.15, 0.2) is 0 Å². The van der Waals surface area contributed by atoms with E-state index in [1.54, 1.807) is 20.8 Å². The van der Waals surface area contributed by atoms with Crippen molar-refractivity contribution in [3.05, 3.63) is 0 Å². The predicted octanol–water partition coefficient (Wildman–Crippen LogP) is 1.25. The van der Waals surface area contributed by atoms with Gasteiger partial charge in [0.2, 0.25) is 0 Å². The second kappa shape index (κ2) is 5.94. The van der Waals surface area contributed by atoms with Crippen LogP contribution in [0.3, 0.4) is 0 Å². The van der Waals surface area contributed by atoms with E-state index >= 15 is 0 Å². The molecule has 0 aliphatic heterocycles. The molecule has 0 aromatic rings. The van der Waals surface area contributed by atoms with E-state index in [1.165, 1.54) is 0 Å². The van der Waals surface area contributed by atoms with Crippen LogP contribution in [-0.2, 0) is 28.6 Å². The molecule has 0 aliphatic rings. The van der Waals surface area contributed by atoms with E-state index in [0.717, 1.165) is 0 Å². The van der Waals surface area contributed by atoms with Crippen LogP contribution >= 0.6 is 0 Å². The number of hydrogen-bond donors (Lipinski definition) is 0. The molecule has 0 unspecified atom stereocenters. The van der Waals surface area contributed by atoms with Crippen LogP contribution in [0.2, 0.25) is 0 Å². The summed E-state index contributed by atoms with van der Waals surface area (Å²) < 4.78 is 87.1. The Bertz CT molecular complexity index is 486. The zero-order valence-electron chi connectivity index (χ0n) is 10.5. The van der Waals surface area contributed by atoms with Gasteiger partial charge in [0.05, 0.1) is 13.2 Å². The molecule has 6 nitrogen and oxygen atoms in total. The first-order valence-corrected chi connectivity index (χ1v) is 7.98. The summed E-state index contributed by atoms with van der Waals surface area (Å²) >= 11 is 0. The van der Waals surface area contributed by atoms with Crippen LogP contribution < -0.4 is 0 Å². The second-order valence-corrected chi connectivity index (χ2v) is 8.17. The molecule has 0 radical (unpaired) electrons. The molecule has 0 saturated heterocycles. The Hall–Kier alpha value is -0.390. The van der Waals surface area contributed by atoms with E-state index in [-0.39, 0.29) is 6.61 Å². The fraction of sp³-hybridized carbons (Fsp3) is 1.00. The van der Waals surface area contributed by atoms with Crippen LogP contribution in [0, 0.1) is 5.41 Å². The van der Waals surface area contributed by atoms with Crippen molar-refractivity contribution < 1.29 is 38.4 Å². The van der Waals surface area contributed by atoms with Crippen LogP contribution in [0.15, 0.2) is 0 Å². The molecule has 19 heavy (non-hydrogen) atoms. The van der Waals surface area contributed by atoms with Crippen molar-refractivity contribution >= 4 is 20.2 Å². The van der Waals surface area contributed by atoms with Gasteiger partial charge < -0.3 is 0 Å². The molecular weight excluding hydrogens is 313 g/mol. The van der Waals surface area contributed by atoms with Crippen molar-refractivity contribution in [3.63, 3.8) is 0 Å². The van der Waals surface area contributed by atoms with Crippen LogP contribution in [0.1, 0.15) is 20.8 Å². The molecule has 11 heteroatoms. The van der Waals surface area contributed by atoms with E-state index in [9.17, 15) is 30.0 Å². The normalized spacial score (nSPS) is 14.6. The Morgan fingerprint density at radius 1 is 0.947 bits per heavy atom. The summed E-state index contributed by atoms with van der Waals surface area (Å²) in [7, 11) is -9.92. The zero-order valence-corrected chi connectivity index (χ0v) is 12.2. The van der Waals surface area contributed by atoms with Crippen molar-refractivity contribution in [1.82, 2.24) is 0 Å². The van der Waals surface area contributed by atoms with Gasteiger partial charge in [-0.15, -0.1) is 0 Å². The SMILES string of the molecule is CC(C)(C)COS(=O)(=O)CCOS(=O)(=O)C(F)(F)F. The average Bonchev–Trinajstić information content (AvgIpc) is 2.11. The van der Waals surface area contributed by atoms with Gasteiger partial charge in [-0.3, -0.25) is 8.37 Å². The van der Waals surface area contributed by atoms with Gasteiger partial charge in [-0.2, -0.15) is 30.0 Å². The molecule has 0 spiro atoms. The highest BCUT2D eigenvalue weighted by molar-refractivity contribution is 7.88. The van der Waals surface area contributed by atoms with E-state index < -0.39 is 43.5 Å². The predicted molar refractivity (Wildman–Crippen MR) is 60.1 cm³/mol. The minimum Gasteiger partial charge on any atom is -0.269 e. The molecule has 0 atom stereocenters. The fourth-order valence-electron chi connectivity index (χ4n) is 0.638. The van der Waals surface area contributed by atoms with Gasteiger partial charge in [-0.1, -0.05) is 20.8 Å². The fourth-order valence-corrected chi connectivity index (χ4v) is 2.12. The molecule has 116 valence electrons. The molecule has 0 heterocycles. The Morgan fingerprint density at radius 2 is 1.42 bits per heavy atom. The molecule has 0 saturated carbocycles. The van der Waals surface area contributed by atoms with Crippen molar-refractivity contribution in [3.8, 4) is 0 Å². The van der Waals surface area contributed by atoms with E-state index in [1.807, 2.05) is 0 Å². The summed E-state index contributed by atoms with van der Waals surface area (Å²) in [5, 5.41) is 0. The first kappa shape index (κ1) is 18.6. The third-order valence-corrected chi connectivity index (χ3v) is 3.71. The van der Waals surface area contributed by atoms with Crippen LogP contribution in [0.5, 0.6) is 0 Å². The van der Waals surface area contributed by atoms with Crippen molar-refractivity contribution in [1.29, 1.82) is 0 Å². The van der Waals surface area contributed by atoms with Crippen LogP contribution in [0.25, 0.3) is 0 Å². The lowest BCUT2D eigenvalue weighted by molar-refractivity contribution is -0.0538. The summed E-state index contributed by atoms with van der Waals surface area (Å²) in [6.45, 7) is 3.73. The maximum absolute atomic E-state index is 11.9. The topological polar surface area (TPSA) is 86.7 Å². The lowest BCUT2D eigenvalue weighted by Gasteiger charge is -2.17. The lowest BCUT2D eigenvalue weighted by Crippen LogP contribution is -2.28. The highest BCUT2D eigenvalue weighted by atomic mass is 32.2. The number of halogens is 3. The average molecular weight is 328 g/mol. The molecule has 0 amide bonds. The highest BCUT2D eigenvalue weighted by Gasteiger charge is 2.47. The van der Waals surface area contributed by atoms with Gasteiger partial charge in [0.1, 0.15) is 5.75 Å². The summed E-state index contributed by atoms with van der Waals surface area (Å²) in [5.41, 5.74) is -6.05. The number of alkyl halides is 3. The second-order valence-electron chi connectivity index (χ2n) is 4.81. The summed E-state index contributed by atoms with van der Waals surface area (Å²) in [6, 6.07) is 0. The summed E-state index contributed by atoms with van der Waals surface area (Å²) in [6.07, 6.45) is 0. The van der Waals surface area contributed by atoms with Gasteiger partial charge in [-0.05, 0) is 5.41 Å². The Kier molecular flexibility index (Phi) is 5.81. The summed E-state index contributed by atoms with van der Waals surface area (Å²) in [4.78, 5) is 0. The van der Waals surface area contributed by atoms with Gasteiger partial charge in [0, 0.05) is 0 Å². The minimum absolute atomic E-state index is 0.179. The molecular formula is C8H15F3O6S2. The zero-order chi connectivity index (χ0) is 15.5. The first-order chi connectivity index (χ1) is 8.16. The van der Waals surface area contributed by atoms with E-state index in [4.69, 9.17) is 0 Å². The number of rotatable bonds is 6. The maximum Gasteiger partial charge on any atom is 0.523 e. The molecule has 0 N–H and O–H groups in total. The van der Waals surface area contributed by atoms with E-state index in [2.05, 4.69) is 8.37 Å². The Balaban J connectivity index is 4.36. The van der Waals surface area contributed by atoms with Crippen molar-refractivity contribution in [2.75, 3.05) is 19.0 Å². The van der Waals surface area contributed by atoms with Crippen LogP contribution in [-0.4, -0.2) is 41.3 Å². The highest BCUT2D eigenvalue weighted by Crippen LogP contribution is 2.24. The Labute approximate surface area is 110 Å². The minimum atomic E-state index is -5.78. The summed E-state index contributed by atoms with van der Waals surface area (Å²) in [5.74, 6) is -0.988. The molecule has 0 aliphatic carbocycles. The van der Waals surface area contributed by atoms with Gasteiger partial charge >= 0.3 is 15.6 Å². The monoisotopic (exact) mass is 328 g/mol. The Morgan fingerprint density at radius 3 is 1.79 bits per heavy atom. The molecule has 0 aromatic carbocycles. The standard InChI is InChI=1S/C8H15F3O6S2/c1-7(2,3)6-17-18(12,13)5-4-16-19(14,15)8(9,10)11/h4-6H2,1-3H3. The van der Waals surface area contributed by atoms with Gasteiger partial charge in [-0.25, -0.2) is 0 Å². The van der Waals surface area contributed by atoms with Crippen molar-refractivity contribution in [2.45, 2.75) is 26.3 Å². The quantitative estimate of drug-likeness (QED) is 0.539. The largest absolute Gasteiger partial charge is 0.523 e. The molecule has 0 bridgehead atoms. The smallest absolute Gasteiger partial charge is 0.269 e. The lowest BCUT2D eigenvalue weighted by atomic mass is 9.99. The molecule has 0 rings (SSSR count). The molecule has 0 aromatic heterocycles. The van der Waals surface area contributed by atoms with Crippen LogP contribution in [0.4, 0.5) is 13.2 Å². The molecule has 0 fully saturated rings. The maximum atomic E-state index is 11.9. The third-order valence-electron chi connectivity index (χ3n) is 1.53. The van der Waals surface area contributed by atoms with Crippen molar-refractivity contribution in [2.24, 2.45) is 5.41 Å². The van der Waals surface area contributed by atoms with Gasteiger partial charge in [0.25, 0.3) is 10.1 Å². The first-order valence-electron chi connectivity index (χ1n) is 4.99. The third kappa shape index (κ3) is 7.70. The number of hydrogen-bond acceptors (Lipinski definition) is 6. The van der Waals surface area contributed by atoms with E-state index in [0.29, 0.717) is 0 Å².